The minimum absolute atomic E-state index is 0.0573. The van der Waals surface area contributed by atoms with Gasteiger partial charge in [-0.05, 0) is 24.5 Å². The molecule has 2 rings (SSSR count). The summed E-state index contributed by atoms with van der Waals surface area (Å²) < 4.78 is 0. The number of aliphatic hydroxyl groups is 1. The van der Waals surface area contributed by atoms with Gasteiger partial charge in [0.25, 0.3) is 0 Å². The maximum Gasteiger partial charge on any atom is 0.191 e. The highest BCUT2D eigenvalue weighted by Gasteiger charge is 2.10. The first-order chi connectivity index (χ1) is 11.7. The molecule has 0 aliphatic carbocycles. The zero-order valence-corrected chi connectivity index (χ0v) is 14.5. The van der Waals surface area contributed by atoms with Gasteiger partial charge in [-0.2, -0.15) is 0 Å². The molecular weight excluding hydrogens is 298 g/mol. The number of aryl methyl sites for hydroxylation is 1. The lowest BCUT2D eigenvalue weighted by Gasteiger charge is -2.18. The highest BCUT2D eigenvalue weighted by molar-refractivity contribution is 5.79. The van der Waals surface area contributed by atoms with Crippen LogP contribution in [0.3, 0.4) is 0 Å². The first kappa shape index (κ1) is 18.0. The largest absolute Gasteiger partial charge is 0.396 e. The second-order valence-corrected chi connectivity index (χ2v) is 5.91. The summed E-state index contributed by atoms with van der Waals surface area (Å²) in [6.07, 6.45) is 0.948. The average molecular weight is 325 g/mol. The quantitative estimate of drug-likeness (QED) is 0.541. The van der Waals surface area contributed by atoms with Crippen LogP contribution in [-0.2, 0) is 6.42 Å². The Morgan fingerprint density at radius 1 is 1.04 bits per heavy atom. The van der Waals surface area contributed by atoms with E-state index in [0.717, 1.165) is 24.5 Å². The van der Waals surface area contributed by atoms with Crippen molar-refractivity contribution < 1.29 is 5.11 Å². The molecule has 128 valence electrons. The van der Waals surface area contributed by atoms with Gasteiger partial charge in [0.1, 0.15) is 0 Å². The van der Waals surface area contributed by atoms with Gasteiger partial charge in [-0.3, -0.25) is 4.99 Å². The van der Waals surface area contributed by atoms with Crippen molar-refractivity contribution in [3.05, 3.63) is 71.3 Å². The van der Waals surface area contributed by atoms with E-state index in [1.165, 1.54) is 11.1 Å². The van der Waals surface area contributed by atoms with Gasteiger partial charge >= 0.3 is 0 Å². The number of nitrogens with one attached hydrogen (secondary N) is 2. The van der Waals surface area contributed by atoms with Crippen LogP contribution in [0.2, 0.25) is 0 Å². The van der Waals surface area contributed by atoms with Gasteiger partial charge < -0.3 is 15.7 Å². The normalized spacial score (nSPS) is 12.7. The maximum absolute atomic E-state index is 9.61. The van der Waals surface area contributed by atoms with Gasteiger partial charge in [-0.1, -0.05) is 60.2 Å². The third kappa shape index (κ3) is 5.70. The van der Waals surface area contributed by atoms with Crippen molar-refractivity contribution >= 4 is 5.96 Å². The Hall–Kier alpha value is -2.33. The van der Waals surface area contributed by atoms with Crippen molar-refractivity contribution in [2.75, 3.05) is 26.7 Å². The molecule has 2 aromatic carbocycles. The second kappa shape index (κ2) is 9.73. The zero-order chi connectivity index (χ0) is 17.2. The summed E-state index contributed by atoms with van der Waals surface area (Å²) in [4.78, 5) is 4.25. The molecule has 0 saturated heterocycles. The lowest BCUT2D eigenvalue weighted by molar-refractivity contribution is 0.265. The molecule has 0 radical (unpaired) electrons. The molecule has 2 aromatic rings. The molecule has 0 aromatic heterocycles. The summed E-state index contributed by atoms with van der Waals surface area (Å²) in [6, 6.07) is 18.6. The molecule has 4 nitrogen and oxygen atoms in total. The van der Waals surface area contributed by atoms with Gasteiger partial charge in [0.05, 0.1) is 6.61 Å². The molecule has 4 heteroatoms. The second-order valence-electron chi connectivity index (χ2n) is 5.91. The number of guanidine groups is 1. The van der Waals surface area contributed by atoms with Crippen molar-refractivity contribution in [1.29, 1.82) is 0 Å². The first-order valence-electron chi connectivity index (χ1n) is 8.38. The molecule has 0 bridgehead atoms. The van der Waals surface area contributed by atoms with Crippen LogP contribution in [0.15, 0.2) is 59.6 Å². The standard InChI is InChI=1S/C20H27N3O/c1-16-8-10-17(11-9-16)12-13-22-20(21-2)23-14-19(15-24)18-6-4-3-5-7-18/h3-11,19,24H,12-15H2,1-2H3,(H2,21,22,23). The predicted molar refractivity (Wildman–Crippen MR) is 101 cm³/mol. The van der Waals surface area contributed by atoms with E-state index in [9.17, 15) is 5.11 Å². The summed E-state index contributed by atoms with van der Waals surface area (Å²) in [5.74, 6) is 0.818. The molecule has 3 N–H and O–H groups in total. The van der Waals surface area contributed by atoms with Crippen LogP contribution < -0.4 is 10.6 Å². The van der Waals surface area contributed by atoms with Crippen molar-refractivity contribution in [1.82, 2.24) is 10.6 Å². The Balaban J connectivity index is 1.78. The Labute approximate surface area is 144 Å². The highest BCUT2D eigenvalue weighted by Crippen LogP contribution is 2.13. The molecule has 0 amide bonds. The number of nitrogens with zero attached hydrogens (tertiary/aromatic N) is 1. The van der Waals surface area contributed by atoms with E-state index in [1.54, 1.807) is 7.05 Å². The molecule has 0 heterocycles. The number of rotatable bonds is 7. The molecule has 0 aliphatic rings. The molecule has 0 saturated carbocycles. The smallest absolute Gasteiger partial charge is 0.191 e. The van der Waals surface area contributed by atoms with Gasteiger partial charge in [0.2, 0.25) is 0 Å². The topological polar surface area (TPSA) is 56.7 Å². The minimum Gasteiger partial charge on any atom is -0.396 e. The number of hydrogen-bond acceptors (Lipinski definition) is 2. The maximum atomic E-state index is 9.61. The highest BCUT2D eigenvalue weighted by atomic mass is 16.3. The van der Waals surface area contributed by atoms with E-state index in [0.29, 0.717) is 6.54 Å². The van der Waals surface area contributed by atoms with Crippen LogP contribution in [0.5, 0.6) is 0 Å². The summed E-state index contributed by atoms with van der Waals surface area (Å²) in [7, 11) is 1.76. The van der Waals surface area contributed by atoms with Crippen LogP contribution in [-0.4, -0.2) is 37.8 Å². The summed E-state index contributed by atoms with van der Waals surface area (Å²) >= 11 is 0. The van der Waals surface area contributed by atoms with Gasteiger partial charge in [-0.15, -0.1) is 0 Å². The molecule has 24 heavy (non-hydrogen) atoms. The molecule has 0 fully saturated rings. The van der Waals surface area contributed by atoms with Crippen molar-refractivity contribution in [2.24, 2.45) is 4.99 Å². The third-order valence-corrected chi connectivity index (χ3v) is 4.06. The Bertz CT molecular complexity index is 623. The summed E-state index contributed by atoms with van der Waals surface area (Å²) in [5.41, 5.74) is 3.71. The number of benzene rings is 2. The van der Waals surface area contributed by atoms with E-state index in [1.807, 2.05) is 30.3 Å². The van der Waals surface area contributed by atoms with Crippen LogP contribution >= 0.6 is 0 Å². The summed E-state index contributed by atoms with van der Waals surface area (Å²) in [6.45, 7) is 3.66. The zero-order valence-electron chi connectivity index (χ0n) is 14.5. The third-order valence-electron chi connectivity index (χ3n) is 4.06. The van der Waals surface area contributed by atoms with Crippen molar-refractivity contribution in [2.45, 2.75) is 19.3 Å². The van der Waals surface area contributed by atoms with Crippen molar-refractivity contribution in [3.8, 4) is 0 Å². The Morgan fingerprint density at radius 3 is 2.38 bits per heavy atom. The van der Waals surface area contributed by atoms with E-state index < -0.39 is 0 Å². The lowest BCUT2D eigenvalue weighted by atomic mass is 10.0. The summed E-state index contributed by atoms with van der Waals surface area (Å²) in [5, 5.41) is 16.2. The van der Waals surface area contributed by atoms with Crippen LogP contribution in [0.25, 0.3) is 0 Å². The fraction of sp³-hybridized carbons (Fsp3) is 0.350. The van der Waals surface area contributed by atoms with Crippen molar-refractivity contribution in [3.63, 3.8) is 0 Å². The Kier molecular flexibility index (Phi) is 7.30. The van der Waals surface area contributed by atoms with Gasteiger partial charge in [-0.25, -0.2) is 0 Å². The number of aliphatic imine (C=N–C) groups is 1. The van der Waals surface area contributed by atoms with Gasteiger partial charge in [0.15, 0.2) is 5.96 Å². The predicted octanol–water partition coefficient (Wildman–Crippen LogP) is 2.48. The molecule has 1 atom stereocenters. The van der Waals surface area contributed by atoms with E-state index in [-0.39, 0.29) is 12.5 Å². The lowest BCUT2D eigenvalue weighted by Crippen LogP contribution is -2.40. The minimum atomic E-state index is 0.0573. The number of aliphatic hydroxyl groups excluding tert-OH is 1. The molecule has 0 spiro atoms. The van der Waals surface area contributed by atoms with E-state index >= 15 is 0 Å². The average Bonchev–Trinajstić information content (AvgIpc) is 2.63. The van der Waals surface area contributed by atoms with E-state index in [4.69, 9.17) is 0 Å². The monoisotopic (exact) mass is 325 g/mol. The molecule has 0 aliphatic heterocycles. The van der Waals surface area contributed by atoms with Crippen LogP contribution in [0.4, 0.5) is 0 Å². The fourth-order valence-electron chi connectivity index (χ4n) is 2.53. The van der Waals surface area contributed by atoms with Crippen LogP contribution in [0.1, 0.15) is 22.6 Å². The SMILES string of the molecule is CN=C(NCCc1ccc(C)cc1)NCC(CO)c1ccccc1. The fourth-order valence-corrected chi connectivity index (χ4v) is 2.53. The Morgan fingerprint density at radius 2 is 1.75 bits per heavy atom. The molecular formula is C20H27N3O. The van der Waals surface area contributed by atoms with Gasteiger partial charge in [0, 0.05) is 26.1 Å². The first-order valence-corrected chi connectivity index (χ1v) is 8.38. The number of hydrogen-bond donors (Lipinski definition) is 3. The molecule has 1 unspecified atom stereocenters. The van der Waals surface area contributed by atoms with Crippen LogP contribution in [0, 0.1) is 6.92 Å². The van der Waals surface area contributed by atoms with E-state index in [2.05, 4.69) is 46.8 Å².